The summed E-state index contributed by atoms with van der Waals surface area (Å²) in [4.78, 5) is 14.0. The minimum atomic E-state index is -0.468. The number of hydrogen-bond donors (Lipinski definition) is 0. The Hall–Kier alpha value is -1.01. The number of piperidine rings is 1. The molecule has 0 aromatic carbocycles. The number of likely N-dealkylation sites (tertiary alicyclic amines) is 1. The maximum absolute atomic E-state index is 12.2. The van der Waals surface area contributed by atoms with Gasteiger partial charge in [-0.05, 0) is 61.3 Å². The van der Waals surface area contributed by atoms with Gasteiger partial charge in [0.05, 0.1) is 11.2 Å². The molecule has 0 unspecified atom stereocenters. The SMILES string of the molecule is CC(C)(C)OC(=O)N1CCC/C(=C\B2OC(C)(C)C(C)(C)O2)C1. The third-order valence-corrected chi connectivity index (χ3v) is 4.61. The number of hydrogen-bond acceptors (Lipinski definition) is 4. The lowest BCUT2D eigenvalue weighted by Crippen LogP contribution is -2.41. The van der Waals surface area contributed by atoms with Crippen LogP contribution in [-0.4, -0.2) is 48.0 Å². The van der Waals surface area contributed by atoms with Crippen LogP contribution in [0.5, 0.6) is 0 Å². The Bertz CT molecular complexity index is 477. The molecular weight excluding hydrogens is 293 g/mol. The molecule has 2 rings (SSSR count). The average Bonchev–Trinajstić information content (AvgIpc) is 2.55. The number of amides is 1. The van der Waals surface area contributed by atoms with Crippen molar-refractivity contribution in [3.63, 3.8) is 0 Å². The summed E-state index contributed by atoms with van der Waals surface area (Å²) in [5, 5.41) is 0. The second-order valence-electron chi connectivity index (χ2n) is 8.46. The smallest absolute Gasteiger partial charge is 0.444 e. The lowest BCUT2D eigenvalue weighted by atomic mass is 9.85. The number of rotatable bonds is 1. The molecule has 2 heterocycles. The normalized spacial score (nSPS) is 25.8. The van der Waals surface area contributed by atoms with Crippen LogP contribution in [0.4, 0.5) is 4.79 Å². The van der Waals surface area contributed by atoms with Gasteiger partial charge in [0.25, 0.3) is 0 Å². The van der Waals surface area contributed by atoms with Gasteiger partial charge < -0.3 is 18.9 Å². The van der Waals surface area contributed by atoms with Crippen LogP contribution in [0.1, 0.15) is 61.3 Å². The van der Waals surface area contributed by atoms with Crippen molar-refractivity contribution in [3.8, 4) is 0 Å². The molecule has 2 aliphatic rings. The summed E-state index contributed by atoms with van der Waals surface area (Å²) in [6, 6.07) is 0. The van der Waals surface area contributed by atoms with Crippen LogP contribution in [0, 0.1) is 0 Å². The van der Waals surface area contributed by atoms with E-state index in [-0.39, 0.29) is 24.4 Å². The van der Waals surface area contributed by atoms with E-state index in [9.17, 15) is 4.79 Å². The second kappa shape index (κ2) is 6.13. The molecular formula is C17H30BNO4. The Morgan fingerprint density at radius 2 is 1.78 bits per heavy atom. The number of carbonyl (C=O) groups is 1. The highest BCUT2D eigenvalue weighted by Crippen LogP contribution is 2.37. The van der Waals surface area contributed by atoms with E-state index in [1.807, 2.05) is 54.4 Å². The maximum Gasteiger partial charge on any atom is 0.487 e. The predicted octanol–water partition coefficient (Wildman–Crippen LogP) is 3.58. The number of nitrogens with zero attached hydrogens (tertiary/aromatic N) is 1. The van der Waals surface area contributed by atoms with Crippen molar-refractivity contribution in [2.75, 3.05) is 13.1 Å². The fraction of sp³-hybridized carbons (Fsp3) is 0.824. The molecule has 0 aromatic rings. The standard InChI is InChI=1S/C17H30BNO4/c1-15(2,3)21-14(20)19-10-8-9-13(12-19)11-18-22-16(4,5)17(6,7)23-18/h11H,8-10,12H2,1-7H3/b13-11+. The third kappa shape index (κ3) is 4.51. The molecule has 130 valence electrons. The van der Waals surface area contributed by atoms with Crippen LogP contribution in [0.2, 0.25) is 0 Å². The molecule has 6 heteroatoms. The summed E-state index contributed by atoms with van der Waals surface area (Å²) in [6.45, 7) is 15.1. The number of ether oxygens (including phenoxy) is 1. The molecule has 0 bridgehead atoms. The summed E-state index contributed by atoms with van der Waals surface area (Å²) in [5.74, 6) is 2.02. The van der Waals surface area contributed by atoms with E-state index in [1.165, 1.54) is 5.57 Å². The van der Waals surface area contributed by atoms with Crippen molar-refractivity contribution in [2.24, 2.45) is 0 Å². The van der Waals surface area contributed by atoms with Gasteiger partial charge in [0.1, 0.15) is 5.60 Å². The van der Waals surface area contributed by atoms with Gasteiger partial charge in [-0.3, -0.25) is 0 Å². The van der Waals surface area contributed by atoms with Gasteiger partial charge in [0.2, 0.25) is 0 Å². The predicted molar refractivity (Wildman–Crippen MR) is 91.2 cm³/mol. The van der Waals surface area contributed by atoms with Gasteiger partial charge in [-0.25, -0.2) is 4.79 Å². The topological polar surface area (TPSA) is 48.0 Å². The van der Waals surface area contributed by atoms with Crippen molar-refractivity contribution < 1.29 is 18.8 Å². The highest BCUT2D eigenvalue weighted by molar-refractivity contribution is 6.51. The molecule has 23 heavy (non-hydrogen) atoms. The molecule has 0 N–H and O–H groups in total. The van der Waals surface area contributed by atoms with Crippen molar-refractivity contribution in [1.82, 2.24) is 4.90 Å². The zero-order valence-electron chi connectivity index (χ0n) is 15.6. The lowest BCUT2D eigenvalue weighted by Gasteiger charge is -2.32. The van der Waals surface area contributed by atoms with Crippen LogP contribution in [0.15, 0.2) is 11.5 Å². The number of carbonyl (C=O) groups excluding carboxylic acids is 1. The van der Waals surface area contributed by atoms with E-state index in [0.29, 0.717) is 6.54 Å². The van der Waals surface area contributed by atoms with Gasteiger partial charge in [0.15, 0.2) is 0 Å². The fourth-order valence-electron chi connectivity index (χ4n) is 2.67. The highest BCUT2D eigenvalue weighted by atomic mass is 16.7. The van der Waals surface area contributed by atoms with E-state index in [2.05, 4.69) is 0 Å². The van der Waals surface area contributed by atoms with Gasteiger partial charge >= 0.3 is 13.2 Å². The van der Waals surface area contributed by atoms with Gasteiger partial charge in [-0.15, -0.1) is 0 Å². The molecule has 0 radical (unpaired) electrons. The Kier molecular flexibility index (Phi) is 4.89. The van der Waals surface area contributed by atoms with E-state index < -0.39 is 5.60 Å². The fourth-order valence-corrected chi connectivity index (χ4v) is 2.67. The van der Waals surface area contributed by atoms with Gasteiger partial charge in [-0.2, -0.15) is 0 Å². The van der Waals surface area contributed by atoms with Crippen molar-refractivity contribution >= 4 is 13.2 Å². The molecule has 5 nitrogen and oxygen atoms in total. The van der Waals surface area contributed by atoms with E-state index in [4.69, 9.17) is 14.0 Å². The Labute approximate surface area is 140 Å². The molecule has 0 atom stereocenters. The van der Waals surface area contributed by atoms with E-state index in [0.717, 1.165) is 19.4 Å². The highest BCUT2D eigenvalue weighted by Gasteiger charge is 2.50. The molecule has 2 saturated heterocycles. The Morgan fingerprint density at radius 3 is 2.30 bits per heavy atom. The van der Waals surface area contributed by atoms with Crippen LogP contribution < -0.4 is 0 Å². The van der Waals surface area contributed by atoms with Crippen molar-refractivity contribution in [1.29, 1.82) is 0 Å². The first-order chi connectivity index (χ1) is 10.4. The zero-order valence-corrected chi connectivity index (χ0v) is 15.6. The van der Waals surface area contributed by atoms with Crippen LogP contribution >= 0.6 is 0 Å². The summed E-state index contributed by atoms with van der Waals surface area (Å²) in [5.41, 5.74) is 0.0210. The van der Waals surface area contributed by atoms with Crippen LogP contribution in [0.25, 0.3) is 0 Å². The molecule has 1 amide bonds. The molecule has 2 aliphatic heterocycles. The zero-order chi connectivity index (χ0) is 17.5. The summed E-state index contributed by atoms with van der Waals surface area (Å²) < 4.78 is 17.5. The van der Waals surface area contributed by atoms with Gasteiger partial charge in [-0.1, -0.05) is 11.5 Å². The van der Waals surface area contributed by atoms with Crippen molar-refractivity contribution in [3.05, 3.63) is 11.5 Å². The molecule has 0 saturated carbocycles. The first kappa shape index (κ1) is 18.3. The third-order valence-electron chi connectivity index (χ3n) is 4.61. The van der Waals surface area contributed by atoms with Crippen LogP contribution in [0.3, 0.4) is 0 Å². The average molecular weight is 323 g/mol. The molecule has 2 fully saturated rings. The van der Waals surface area contributed by atoms with Crippen molar-refractivity contribution in [2.45, 2.75) is 78.1 Å². The van der Waals surface area contributed by atoms with E-state index in [1.54, 1.807) is 4.90 Å². The summed E-state index contributed by atoms with van der Waals surface area (Å²) in [6.07, 6.45) is 1.64. The monoisotopic (exact) mass is 323 g/mol. The van der Waals surface area contributed by atoms with Gasteiger partial charge in [0, 0.05) is 13.1 Å². The first-order valence-electron chi connectivity index (χ1n) is 8.43. The largest absolute Gasteiger partial charge is 0.487 e. The van der Waals surface area contributed by atoms with Crippen LogP contribution in [-0.2, 0) is 14.0 Å². The minimum absolute atomic E-state index is 0.253. The minimum Gasteiger partial charge on any atom is -0.444 e. The quantitative estimate of drug-likeness (QED) is 0.692. The molecule has 0 spiro atoms. The lowest BCUT2D eigenvalue weighted by molar-refractivity contribution is 0.00578. The maximum atomic E-state index is 12.2. The van der Waals surface area contributed by atoms with E-state index >= 15 is 0 Å². The Morgan fingerprint density at radius 1 is 1.22 bits per heavy atom. The summed E-state index contributed by atoms with van der Waals surface area (Å²) in [7, 11) is -0.353. The first-order valence-corrected chi connectivity index (χ1v) is 8.43. The Balaban J connectivity index is 2.00. The second-order valence-corrected chi connectivity index (χ2v) is 8.46. The molecule has 0 aromatic heterocycles. The summed E-state index contributed by atoms with van der Waals surface area (Å²) >= 11 is 0. The molecule has 0 aliphatic carbocycles.